The Morgan fingerprint density at radius 1 is 1.16 bits per heavy atom. The molecule has 0 aliphatic carbocycles. The van der Waals surface area contributed by atoms with Crippen molar-refractivity contribution in [3.63, 3.8) is 0 Å². The van der Waals surface area contributed by atoms with Crippen molar-refractivity contribution < 1.29 is 19.5 Å². The van der Waals surface area contributed by atoms with Gasteiger partial charge in [0.05, 0.1) is 39.9 Å². The van der Waals surface area contributed by atoms with Crippen LogP contribution in [0, 0.1) is 11.8 Å². The number of nitrogens with zero attached hydrogens (tertiary/aromatic N) is 1. The van der Waals surface area contributed by atoms with Gasteiger partial charge in [-0.2, -0.15) is 0 Å². The number of hydrogen-bond donors (Lipinski definition) is 3. The van der Waals surface area contributed by atoms with Crippen LogP contribution in [0.15, 0.2) is 54.6 Å². The predicted octanol–water partition coefficient (Wildman–Crippen LogP) is 3.50. The molecule has 0 saturated carbocycles. The minimum Gasteiger partial charge on any atom is -0.394 e. The third kappa shape index (κ3) is 4.53. The van der Waals surface area contributed by atoms with E-state index in [2.05, 4.69) is 10.6 Å². The van der Waals surface area contributed by atoms with E-state index in [0.29, 0.717) is 30.1 Å². The van der Waals surface area contributed by atoms with Gasteiger partial charge in [0.25, 0.3) is 0 Å². The Bertz CT molecular complexity index is 1180. The van der Waals surface area contributed by atoms with Crippen LogP contribution in [0.1, 0.15) is 31.7 Å². The Kier molecular flexibility index (Phi) is 7.52. The largest absolute Gasteiger partial charge is 0.394 e. The number of likely N-dealkylation sites (tertiary alicyclic amines) is 1. The standard InChI is InChI=1S/C28H32ClN3O4S/c1-2-14-30-25(34)22-21-12-13-28(37-21)23(22)27(36)32(18(16-33)15-17-8-4-3-5-9-17)24(28)26(35)31-20-11-7-6-10-19(20)29/h3-11,18,21-24,33H,2,12-16H2,1H3,(H,30,34)(H,31,35)/t18-,21+,22-,23+,24?,28?/m1/s1. The number of nitrogens with one attached hydrogen (secondary N) is 2. The third-order valence-corrected chi connectivity index (χ3v) is 10.2. The lowest BCUT2D eigenvalue weighted by molar-refractivity contribution is -0.142. The quantitative estimate of drug-likeness (QED) is 0.451. The summed E-state index contributed by atoms with van der Waals surface area (Å²) in [6.45, 7) is 2.25. The molecule has 6 atom stereocenters. The van der Waals surface area contributed by atoms with Gasteiger partial charge in [-0.25, -0.2) is 0 Å². The molecule has 2 unspecified atom stereocenters. The van der Waals surface area contributed by atoms with Crippen LogP contribution in [0.3, 0.4) is 0 Å². The number of carbonyl (C=O) groups is 3. The molecule has 2 bridgehead atoms. The maximum Gasteiger partial charge on any atom is 0.248 e. The Morgan fingerprint density at radius 3 is 2.59 bits per heavy atom. The molecule has 3 N–H and O–H groups in total. The number of anilines is 1. The number of halogens is 1. The highest BCUT2D eigenvalue weighted by molar-refractivity contribution is 8.02. The normalized spacial score (nSPS) is 28.7. The number of carbonyl (C=O) groups excluding carboxylic acids is 3. The lowest BCUT2D eigenvalue weighted by Gasteiger charge is -2.37. The van der Waals surface area contributed by atoms with Crippen molar-refractivity contribution in [3.8, 4) is 0 Å². The molecule has 3 aliphatic rings. The molecule has 196 valence electrons. The number of aliphatic hydroxyl groups is 1. The monoisotopic (exact) mass is 541 g/mol. The van der Waals surface area contributed by atoms with Gasteiger partial charge < -0.3 is 20.6 Å². The summed E-state index contributed by atoms with van der Waals surface area (Å²) < 4.78 is -0.731. The fourth-order valence-electron chi connectivity index (χ4n) is 6.35. The lowest BCUT2D eigenvalue weighted by atomic mass is 9.70. The average Bonchev–Trinajstić information content (AvgIpc) is 3.55. The first-order chi connectivity index (χ1) is 17.9. The number of fused-ring (bicyclic) bond motifs is 1. The molecule has 9 heteroatoms. The number of hydrogen-bond acceptors (Lipinski definition) is 5. The Hall–Kier alpha value is -2.55. The summed E-state index contributed by atoms with van der Waals surface area (Å²) in [7, 11) is 0. The van der Waals surface area contributed by atoms with Crippen LogP contribution < -0.4 is 10.6 Å². The molecule has 3 aliphatic heterocycles. The van der Waals surface area contributed by atoms with Gasteiger partial charge >= 0.3 is 0 Å². The predicted molar refractivity (Wildman–Crippen MR) is 145 cm³/mol. The van der Waals surface area contributed by atoms with E-state index >= 15 is 0 Å². The summed E-state index contributed by atoms with van der Waals surface area (Å²) in [4.78, 5) is 43.1. The van der Waals surface area contributed by atoms with Crippen LogP contribution in [-0.4, -0.2) is 63.0 Å². The van der Waals surface area contributed by atoms with Crippen LogP contribution in [0.25, 0.3) is 0 Å². The zero-order chi connectivity index (χ0) is 26.2. The van der Waals surface area contributed by atoms with Crippen molar-refractivity contribution in [1.82, 2.24) is 10.2 Å². The SMILES string of the molecule is CCCNC(=O)[C@@H]1[C@@H]2CCC3(S2)C(C(=O)Nc2ccccc2Cl)N([C@@H](CO)Cc2ccccc2)C(=O)[C@H]13. The van der Waals surface area contributed by atoms with Gasteiger partial charge in [-0.1, -0.05) is 61.0 Å². The molecule has 3 heterocycles. The number of amides is 3. The first kappa shape index (κ1) is 26.1. The van der Waals surface area contributed by atoms with Crippen LogP contribution >= 0.6 is 23.4 Å². The highest BCUT2D eigenvalue weighted by Gasteiger charge is 2.74. The maximum absolute atomic E-state index is 14.2. The van der Waals surface area contributed by atoms with Crippen LogP contribution in [0.5, 0.6) is 0 Å². The Labute approximate surface area is 226 Å². The van der Waals surface area contributed by atoms with Crippen molar-refractivity contribution >= 4 is 46.8 Å². The number of thioether (sulfide) groups is 1. The number of benzene rings is 2. The second-order valence-corrected chi connectivity index (χ2v) is 12.1. The van der Waals surface area contributed by atoms with E-state index in [9.17, 15) is 19.5 Å². The number of para-hydroxylation sites is 1. The molecule has 1 spiro atoms. The zero-order valence-corrected chi connectivity index (χ0v) is 22.3. The molecule has 0 radical (unpaired) electrons. The van der Waals surface area contributed by atoms with E-state index in [1.165, 1.54) is 0 Å². The summed E-state index contributed by atoms with van der Waals surface area (Å²) in [6.07, 6.45) is 2.64. The second kappa shape index (κ2) is 10.7. The molecule has 2 aromatic rings. The molecular weight excluding hydrogens is 510 g/mol. The molecule has 7 nitrogen and oxygen atoms in total. The average molecular weight is 542 g/mol. The zero-order valence-electron chi connectivity index (χ0n) is 20.7. The van der Waals surface area contributed by atoms with Crippen LogP contribution in [0.4, 0.5) is 5.69 Å². The van der Waals surface area contributed by atoms with E-state index in [1.807, 2.05) is 37.3 Å². The van der Waals surface area contributed by atoms with Gasteiger partial charge in [0.15, 0.2) is 0 Å². The molecule has 3 saturated heterocycles. The smallest absolute Gasteiger partial charge is 0.248 e. The van der Waals surface area contributed by atoms with Gasteiger partial charge in [-0.05, 0) is 43.4 Å². The summed E-state index contributed by atoms with van der Waals surface area (Å²) >= 11 is 7.96. The van der Waals surface area contributed by atoms with Crippen molar-refractivity contribution in [1.29, 1.82) is 0 Å². The van der Waals surface area contributed by atoms with Crippen LogP contribution in [0.2, 0.25) is 5.02 Å². The Balaban J connectivity index is 1.53. The Morgan fingerprint density at radius 2 is 1.89 bits per heavy atom. The molecular formula is C28H32ClN3O4S. The van der Waals surface area contributed by atoms with Crippen molar-refractivity contribution in [2.45, 2.75) is 54.7 Å². The fraction of sp³-hybridized carbons (Fsp3) is 0.464. The maximum atomic E-state index is 14.2. The van der Waals surface area contributed by atoms with Crippen LogP contribution in [-0.2, 0) is 20.8 Å². The van der Waals surface area contributed by atoms with Gasteiger partial charge in [0, 0.05) is 11.8 Å². The van der Waals surface area contributed by atoms with E-state index < -0.39 is 28.7 Å². The van der Waals surface area contributed by atoms with Gasteiger partial charge in [-0.3, -0.25) is 14.4 Å². The topological polar surface area (TPSA) is 98.7 Å². The first-order valence-electron chi connectivity index (χ1n) is 12.9. The molecule has 5 rings (SSSR count). The number of aliphatic hydroxyl groups excluding tert-OH is 1. The minimum atomic E-state index is -0.832. The van der Waals surface area contributed by atoms with Crippen molar-refractivity contribution in [2.75, 3.05) is 18.5 Å². The van der Waals surface area contributed by atoms with Crippen molar-refractivity contribution in [2.24, 2.45) is 11.8 Å². The molecule has 2 aromatic carbocycles. The van der Waals surface area contributed by atoms with E-state index in [-0.39, 0.29) is 29.6 Å². The molecule has 0 aromatic heterocycles. The van der Waals surface area contributed by atoms with E-state index in [0.717, 1.165) is 18.4 Å². The molecule has 37 heavy (non-hydrogen) atoms. The highest BCUT2D eigenvalue weighted by Crippen LogP contribution is 2.66. The summed E-state index contributed by atoms with van der Waals surface area (Å²) in [6, 6.07) is 15.2. The third-order valence-electron chi connectivity index (χ3n) is 7.89. The minimum absolute atomic E-state index is 0.00901. The lowest BCUT2D eigenvalue weighted by Crippen LogP contribution is -2.55. The second-order valence-electron chi connectivity index (χ2n) is 10.1. The van der Waals surface area contributed by atoms with Gasteiger partial charge in [-0.15, -0.1) is 11.8 Å². The first-order valence-corrected chi connectivity index (χ1v) is 14.1. The van der Waals surface area contributed by atoms with Gasteiger partial charge in [0.2, 0.25) is 17.7 Å². The highest BCUT2D eigenvalue weighted by atomic mass is 35.5. The number of rotatable bonds is 9. The van der Waals surface area contributed by atoms with Crippen molar-refractivity contribution in [3.05, 3.63) is 65.2 Å². The summed E-state index contributed by atoms with van der Waals surface area (Å²) in [5, 5.41) is 16.8. The van der Waals surface area contributed by atoms with E-state index in [4.69, 9.17) is 11.6 Å². The molecule has 3 fully saturated rings. The van der Waals surface area contributed by atoms with Gasteiger partial charge in [0.1, 0.15) is 6.04 Å². The fourth-order valence-corrected chi connectivity index (χ4v) is 8.74. The van der Waals surface area contributed by atoms with E-state index in [1.54, 1.807) is 40.9 Å². The molecule has 3 amide bonds. The summed E-state index contributed by atoms with van der Waals surface area (Å²) in [5.74, 6) is -1.77. The summed E-state index contributed by atoms with van der Waals surface area (Å²) in [5.41, 5.74) is 1.43.